The van der Waals surface area contributed by atoms with Crippen molar-refractivity contribution < 1.29 is 4.79 Å². The lowest BCUT2D eigenvalue weighted by molar-refractivity contribution is 0.0925. The predicted molar refractivity (Wildman–Crippen MR) is 94.0 cm³/mol. The van der Waals surface area contributed by atoms with Gasteiger partial charge in [0.05, 0.1) is 16.8 Å². The Labute approximate surface area is 143 Å². The van der Waals surface area contributed by atoms with Gasteiger partial charge in [0, 0.05) is 29.2 Å². The van der Waals surface area contributed by atoms with Gasteiger partial charge in [0.2, 0.25) is 0 Å². The number of rotatable bonds is 3. The van der Waals surface area contributed by atoms with Gasteiger partial charge in [0.25, 0.3) is 5.91 Å². The molecule has 0 radical (unpaired) electrons. The Morgan fingerprint density at radius 1 is 1.38 bits per heavy atom. The van der Waals surface area contributed by atoms with E-state index in [0.717, 1.165) is 42.6 Å². The van der Waals surface area contributed by atoms with Gasteiger partial charge in [-0.25, -0.2) is 9.50 Å². The summed E-state index contributed by atoms with van der Waals surface area (Å²) in [7, 11) is 0. The second-order valence-electron chi connectivity index (χ2n) is 6.16. The molecule has 0 unspecified atom stereocenters. The standard InChI is InChI=1S/C17H19N5OS/c18-12-4-1-2-5-13(12)21-17(23)15-8-11(10-24-15)14-9-19-16-6-3-7-20-22(14)16/h3,6-10,12-13H,1-2,4-5,18H2,(H,21,23)/t12-,13+/m1/s1. The second-order valence-corrected chi connectivity index (χ2v) is 7.08. The number of hydrogen-bond donors (Lipinski definition) is 2. The molecule has 1 saturated carbocycles. The van der Waals surface area contributed by atoms with Crippen molar-refractivity contribution in [3.63, 3.8) is 0 Å². The molecule has 1 fully saturated rings. The maximum atomic E-state index is 12.5. The highest BCUT2D eigenvalue weighted by atomic mass is 32.1. The monoisotopic (exact) mass is 341 g/mol. The van der Waals surface area contributed by atoms with E-state index in [4.69, 9.17) is 5.73 Å². The number of nitrogens with zero attached hydrogens (tertiary/aromatic N) is 3. The number of nitrogens with two attached hydrogens (primary N) is 1. The third-order valence-electron chi connectivity index (χ3n) is 4.53. The van der Waals surface area contributed by atoms with Crippen LogP contribution < -0.4 is 11.1 Å². The summed E-state index contributed by atoms with van der Waals surface area (Å²) in [4.78, 5) is 17.5. The molecule has 0 aliphatic heterocycles. The minimum Gasteiger partial charge on any atom is -0.347 e. The largest absolute Gasteiger partial charge is 0.347 e. The highest BCUT2D eigenvalue weighted by Gasteiger charge is 2.24. The third-order valence-corrected chi connectivity index (χ3v) is 5.46. The van der Waals surface area contributed by atoms with Crippen molar-refractivity contribution in [3.8, 4) is 11.3 Å². The van der Waals surface area contributed by atoms with Crippen LogP contribution in [0.2, 0.25) is 0 Å². The average Bonchev–Trinajstić information content (AvgIpc) is 3.23. The fourth-order valence-electron chi connectivity index (χ4n) is 3.19. The van der Waals surface area contributed by atoms with E-state index in [-0.39, 0.29) is 18.0 Å². The van der Waals surface area contributed by atoms with E-state index in [0.29, 0.717) is 4.88 Å². The number of thiophene rings is 1. The molecule has 1 amide bonds. The number of carbonyl (C=O) groups excluding carboxylic acids is 1. The summed E-state index contributed by atoms with van der Waals surface area (Å²) in [5, 5.41) is 9.37. The highest BCUT2D eigenvalue weighted by molar-refractivity contribution is 7.12. The van der Waals surface area contributed by atoms with E-state index in [1.165, 1.54) is 11.3 Å². The molecule has 3 N–H and O–H groups in total. The molecule has 3 aromatic heterocycles. The van der Waals surface area contributed by atoms with Crippen LogP contribution in [0.15, 0.2) is 36.0 Å². The Balaban J connectivity index is 1.55. The smallest absolute Gasteiger partial charge is 0.261 e. The summed E-state index contributed by atoms with van der Waals surface area (Å²) in [5.74, 6) is -0.0459. The fourth-order valence-corrected chi connectivity index (χ4v) is 4.00. The lowest BCUT2D eigenvalue weighted by atomic mass is 9.91. The zero-order valence-electron chi connectivity index (χ0n) is 13.2. The van der Waals surface area contributed by atoms with Crippen LogP contribution in [-0.4, -0.2) is 32.6 Å². The molecule has 3 aromatic rings. The number of amides is 1. The number of fused-ring (bicyclic) bond motifs is 1. The summed E-state index contributed by atoms with van der Waals surface area (Å²) in [6.45, 7) is 0. The van der Waals surface area contributed by atoms with Crippen molar-refractivity contribution in [2.24, 2.45) is 5.73 Å². The lowest BCUT2D eigenvalue weighted by Gasteiger charge is -2.29. The number of carbonyl (C=O) groups is 1. The van der Waals surface area contributed by atoms with Crippen molar-refractivity contribution >= 4 is 22.9 Å². The van der Waals surface area contributed by atoms with Gasteiger partial charge in [-0.1, -0.05) is 12.8 Å². The summed E-state index contributed by atoms with van der Waals surface area (Å²) in [5.41, 5.74) is 8.74. The highest BCUT2D eigenvalue weighted by Crippen LogP contribution is 2.26. The molecule has 1 aliphatic rings. The topological polar surface area (TPSA) is 85.3 Å². The Hall–Kier alpha value is -2.25. The van der Waals surface area contributed by atoms with Crippen LogP contribution in [0.4, 0.5) is 0 Å². The lowest BCUT2D eigenvalue weighted by Crippen LogP contribution is -2.49. The Kier molecular flexibility index (Phi) is 4.03. The van der Waals surface area contributed by atoms with Gasteiger partial charge >= 0.3 is 0 Å². The first kappa shape index (κ1) is 15.3. The van der Waals surface area contributed by atoms with Gasteiger partial charge in [-0.2, -0.15) is 5.10 Å². The van der Waals surface area contributed by atoms with Gasteiger partial charge in [-0.3, -0.25) is 4.79 Å². The minimum atomic E-state index is -0.0459. The van der Waals surface area contributed by atoms with Crippen LogP contribution >= 0.6 is 11.3 Å². The Morgan fingerprint density at radius 2 is 2.25 bits per heavy atom. The summed E-state index contributed by atoms with van der Waals surface area (Å²) < 4.78 is 1.78. The van der Waals surface area contributed by atoms with E-state index >= 15 is 0 Å². The molecule has 4 rings (SSSR count). The van der Waals surface area contributed by atoms with Gasteiger partial charge in [-0.05, 0) is 31.0 Å². The van der Waals surface area contributed by atoms with Gasteiger partial charge in [-0.15, -0.1) is 11.3 Å². The zero-order valence-corrected chi connectivity index (χ0v) is 14.0. The van der Waals surface area contributed by atoms with Crippen molar-refractivity contribution in [1.82, 2.24) is 19.9 Å². The van der Waals surface area contributed by atoms with Gasteiger partial charge < -0.3 is 11.1 Å². The molecule has 0 saturated heterocycles. The molecule has 7 heteroatoms. The number of nitrogens with one attached hydrogen (secondary N) is 1. The number of aromatic nitrogens is 3. The number of imidazole rings is 1. The Morgan fingerprint density at radius 3 is 3.12 bits per heavy atom. The Bertz CT molecular complexity index is 871. The van der Waals surface area contributed by atoms with Crippen LogP contribution in [-0.2, 0) is 0 Å². The van der Waals surface area contributed by atoms with Crippen molar-refractivity contribution in [2.75, 3.05) is 0 Å². The summed E-state index contributed by atoms with van der Waals surface area (Å²) >= 11 is 1.43. The maximum Gasteiger partial charge on any atom is 0.261 e. The molecule has 0 aromatic carbocycles. The molecule has 2 atom stereocenters. The third kappa shape index (κ3) is 2.81. The SMILES string of the molecule is N[C@@H]1CCCC[C@@H]1NC(=O)c1cc(-c2cnc3cccnn23)cs1. The first-order valence-electron chi connectivity index (χ1n) is 8.16. The van der Waals surface area contributed by atoms with Gasteiger partial charge in [0.1, 0.15) is 0 Å². The van der Waals surface area contributed by atoms with E-state index in [1.807, 2.05) is 23.6 Å². The minimum absolute atomic E-state index is 0.0459. The predicted octanol–water partition coefficient (Wildman–Crippen LogP) is 2.46. The number of hydrogen-bond acceptors (Lipinski definition) is 5. The molecule has 24 heavy (non-hydrogen) atoms. The van der Waals surface area contributed by atoms with Crippen LogP contribution in [0.25, 0.3) is 16.9 Å². The van der Waals surface area contributed by atoms with Crippen LogP contribution in [0, 0.1) is 0 Å². The molecule has 6 nitrogen and oxygen atoms in total. The van der Waals surface area contributed by atoms with Crippen LogP contribution in [0.1, 0.15) is 35.4 Å². The molecular formula is C17H19N5OS. The fraction of sp³-hybridized carbons (Fsp3) is 0.353. The molecule has 0 spiro atoms. The van der Waals surface area contributed by atoms with Crippen LogP contribution in [0.3, 0.4) is 0 Å². The van der Waals surface area contributed by atoms with Crippen molar-refractivity contribution in [2.45, 2.75) is 37.8 Å². The van der Waals surface area contributed by atoms with Crippen molar-refractivity contribution in [1.29, 1.82) is 0 Å². The maximum absolute atomic E-state index is 12.5. The first-order valence-corrected chi connectivity index (χ1v) is 9.04. The van der Waals surface area contributed by atoms with Crippen LogP contribution in [0.5, 0.6) is 0 Å². The molecule has 1 aliphatic carbocycles. The zero-order chi connectivity index (χ0) is 16.5. The molecule has 124 valence electrons. The molecular weight excluding hydrogens is 322 g/mol. The molecule has 3 heterocycles. The van der Waals surface area contributed by atoms with E-state index in [2.05, 4.69) is 15.4 Å². The van der Waals surface area contributed by atoms with Crippen molar-refractivity contribution in [3.05, 3.63) is 40.8 Å². The second kappa shape index (κ2) is 6.33. The molecule has 0 bridgehead atoms. The average molecular weight is 341 g/mol. The van der Waals surface area contributed by atoms with E-state index in [1.54, 1.807) is 16.9 Å². The normalized spacial score (nSPS) is 21.0. The van der Waals surface area contributed by atoms with E-state index in [9.17, 15) is 4.79 Å². The van der Waals surface area contributed by atoms with E-state index < -0.39 is 0 Å². The first-order chi connectivity index (χ1) is 11.7. The summed E-state index contributed by atoms with van der Waals surface area (Å²) in [6.07, 6.45) is 7.72. The quantitative estimate of drug-likeness (QED) is 0.766. The van der Waals surface area contributed by atoms with Gasteiger partial charge in [0.15, 0.2) is 5.65 Å². The summed E-state index contributed by atoms with van der Waals surface area (Å²) in [6, 6.07) is 5.79.